The second kappa shape index (κ2) is 12.5. The van der Waals surface area contributed by atoms with Crippen LogP contribution in [-0.4, -0.2) is 24.6 Å². The van der Waals surface area contributed by atoms with Crippen LogP contribution in [0.3, 0.4) is 0 Å². The third-order valence-electron chi connectivity index (χ3n) is 5.17. The zero-order chi connectivity index (χ0) is 19.3. The minimum absolute atomic E-state index is 0.00329. The predicted octanol–water partition coefficient (Wildman–Crippen LogP) is 6.08. The lowest BCUT2D eigenvalue weighted by molar-refractivity contribution is 0.00849. The molecule has 0 atom stereocenters. The lowest BCUT2D eigenvalue weighted by Crippen LogP contribution is -2.26. The van der Waals surface area contributed by atoms with Crippen molar-refractivity contribution in [2.75, 3.05) is 6.61 Å². The lowest BCUT2D eigenvalue weighted by Gasteiger charge is -2.25. The van der Waals surface area contributed by atoms with Gasteiger partial charge in [0.15, 0.2) is 0 Å². The quantitative estimate of drug-likeness (QED) is 0.310. The summed E-state index contributed by atoms with van der Waals surface area (Å²) >= 11 is 0. The fourth-order valence-electron chi connectivity index (χ4n) is 3.20. The van der Waals surface area contributed by atoms with Crippen molar-refractivity contribution < 1.29 is 19.1 Å². The number of esters is 2. The normalized spacial score (nSPS) is 13.8. The summed E-state index contributed by atoms with van der Waals surface area (Å²) in [4.78, 5) is 24.6. The van der Waals surface area contributed by atoms with Crippen LogP contribution in [0.5, 0.6) is 0 Å². The van der Waals surface area contributed by atoms with Gasteiger partial charge in [-0.05, 0) is 37.8 Å². The number of unbranched alkanes of at least 4 members (excludes halogenated alkanes) is 8. The molecule has 0 unspecified atom stereocenters. The average molecular weight is 375 g/mol. The van der Waals surface area contributed by atoms with Crippen LogP contribution in [0.1, 0.15) is 105 Å². The predicted molar refractivity (Wildman–Crippen MR) is 107 cm³/mol. The van der Waals surface area contributed by atoms with E-state index in [1.807, 2.05) is 0 Å². The number of carbonyl (C=O) groups excluding carboxylic acids is 2. The van der Waals surface area contributed by atoms with Gasteiger partial charge in [-0.25, -0.2) is 9.59 Å². The van der Waals surface area contributed by atoms with Crippen molar-refractivity contribution in [3.8, 4) is 0 Å². The van der Waals surface area contributed by atoms with Crippen LogP contribution < -0.4 is 0 Å². The summed E-state index contributed by atoms with van der Waals surface area (Å²) in [6.07, 6.45) is 13.9. The number of carbonyl (C=O) groups is 2. The molecule has 1 saturated carbocycles. The maximum Gasteiger partial charge on any atom is 0.339 e. The molecule has 150 valence electrons. The molecule has 1 fully saturated rings. The van der Waals surface area contributed by atoms with Crippen molar-refractivity contribution in [3.63, 3.8) is 0 Å². The van der Waals surface area contributed by atoms with E-state index in [1.54, 1.807) is 24.3 Å². The smallest absolute Gasteiger partial charge is 0.339 e. The molecule has 1 aromatic rings. The van der Waals surface area contributed by atoms with Gasteiger partial charge in [-0.3, -0.25) is 0 Å². The van der Waals surface area contributed by atoms with Crippen molar-refractivity contribution in [1.82, 2.24) is 0 Å². The molecule has 0 radical (unpaired) electrons. The highest BCUT2D eigenvalue weighted by Crippen LogP contribution is 2.24. The van der Waals surface area contributed by atoms with Crippen LogP contribution >= 0.6 is 0 Å². The molecule has 1 aliphatic carbocycles. The first-order valence-corrected chi connectivity index (χ1v) is 10.7. The Balaban J connectivity index is 1.65. The summed E-state index contributed by atoms with van der Waals surface area (Å²) in [5.74, 6) is -0.856. The van der Waals surface area contributed by atoms with E-state index in [0.717, 1.165) is 32.1 Å². The van der Waals surface area contributed by atoms with Gasteiger partial charge >= 0.3 is 11.9 Å². The van der Waals surface area contributed by atoms with Gasteiger partial charge in [0.2, 0.25) is 0 Å². The van der Waals surface area contributed by atoms with E-state index >= 15 is 0 Å². The number of hydrogen-bond acceptors (Lipinski definition) is 4. The molecule has 0 spiro atoms. The Hall–Kier alpha value is -1.84. The molecule has 1 aromatic carbocycles. The van der Waals surface area contributed by atoms with E-state index in [9.17, 15) is 9.59 Å². The van der Waals surface area contributed by atoms with E-state index in [4.69, 9.17) is 9.47 Å². The zero-order valence-corrected chi connectivity index (χ0v) is 16.7. The van der Waals surface area contributed by atoms with Crippen LogP contribution in [0.4, 0.5) is 0 Å². The van der Waals surface area contributed by atoms with Crippen molar-refractivity contribution in [2.24, 2.45) is 0 Å². The van der Waals surface area contributed by atoms with Gasteiger partial charge in [0, 0.05) is 0 Å². The molecule has 4 nitrogen and oxygen atoms in total. The molecular formula is C23H34O4. The molecule has 27 heavy (non-hydrogen) atoms. The van der Waals surface area contributed by atoms with Crippen molar-refractivity contribution in [1.29, 1.82) is 0 Å². The average Bonchev–Trinajstić information content (AvgIpc) is 2.66. The minimum atomic E-state index is -0.435. The summed E-state index contributed by atoms with van der Waals surface area (Å²) in [5.41, 5.74) is 0.610. The van der Waals surface area contributed by atoms with E-state index in [2.05, 4.69) is 6.92 Å². The zero-order valence-electron chi connectivity index (χ0n) is 16.7. The van der Waals surface area contributed by atoms with Gasteiger partial charge < -0.3 is 9.47 Å². The van der Waals surface area contributed by atoms with Crippen LogP contribution in [0.2, 0.25) is 0 Å². The highest BCUT2D eigenvalue weighted by molar-refractivity contribution is 6.03. The Labute approximate surface area is 163 Å². The lowest BCUT2D eigenvalue weighted by atomic mass is 9.96. The molecule has 0 saturated heterocycles. The van der Waals surface area contributed by atoms with Gasteiger partial charge in [0.1, 0.15) is 6.10 Å². The second-order valence-corrected chi connectivity index (χ2v) is 7.47. The molecule has 0 aromatic heterocycles. The summed E-state index contributed by atoms with van der Waals surface area (Å²) in [7, 11) is 0. The molecule has 0 bridgehead atoms. The molecule has 0 aliphatic heterocycles. The van der Waals surface area contributed by atoms with E-state index < -0.39 is 11.9 Å². The maximum atomic E-state index is 12.3. The fourth-order valence-corrected chi connectivity index (χ4v) is 3.20. The third-order valence-corrected chi connectivity index (χ3v) is 5.17. The summed E-state index contributed by atoms with van der Waals surface area (Å²) in [6, 6.07) is 6.76. The van der Waals surface area contributed by atoms with Crippen LogP contribution in [0.15, 0.2) is 24.3 Å². The molecule has 0 N–H and O–H groups in total. The minimum Gasteiger partial charge on any atom is -0.462 e. The Kier molecular flexibility index (Phi) is 9.96. The van der Waals surface area contributed by atoms with Crippen molar-refractivity contribution in [2.45, 2.75) is 90.1 Å². The number of hydrogen-bond donors (Lipinski definition) is 0. The Bertz CT molecular complexity index is 577. The Morgan fingerprint density at radius 2 is 1.41 bits per heavy atom. The molecule has 2 rings (SSSR count). The van der Waals surface area contributed by atoms with Crippen LogP contribution in [-0.2, 0) is 9.47 Å². The first kappa shape index (κ1) is 21.5. The molecule has 1 aliphatic rings. The molecule has 0 amide bonds. The Morgan fingerprint density at radius 3 is 1.96 bits per heavy atom. The summed E-state index contributed by atoms with van der Waals surface area (Å²) in [6.45, 7) is 2.64. The largest absolute Gasteiger partial charge is 0.462 e. The monoisotopic (exact) mass is 374 g/mol. The van der Waals surface area contributed by atoms with Crippen molar-refractivity contribution in [3.05, 3.63) is 35.4 Å². The first-order valence-electron chi connectivity index (χ1n) is 10.7. The van der Waals surface area contributed by atoms with Gasteiger partial charge in [-0.15, -0.1) is 0 Å². The first-order chi connectivity index (χ1) is 13.2. The van der Waals surface area contributed by atoms with Crippen LogP contribution in [0, 0.1) is 0 Å². The SMILES string of the molecule is CCCCCCCCCCCOC(=O)c1ccccc1C(=O)OC1CCC1. The number of ether oxygens (including phenoxy) is 2. The topological polar surface area (TPSA) is 52.6 Å². The third kappa shape index (κ3) is 7.74. The number of rotatable bonds is 13. The second-order valence-electron chi connectivity index (χ2n) is 7.47. The summed E-state index contributed by atoms with van der Waals surface area (Å²) < 4.78 is 10.8. The highest BCUT2D eigenvalue weighted by atomic mass is 16.5. The summed E-state index contributed by atoms with van der Waals surface area (Å²) in [5, 5.41) is 0. The maximum absolute atomic E-state index is 12.3. The molecule has 0 heterocycles. The standard InChI is InChI=1S/C23H34O4/c1-2-3-4-5-6-7-8-9-12-18-26-22(24)20-16-10-11-17-21(20)23(25)27-19-14-13-15-19/h10-11,16-17,19H,2-9,12-15,18H2,1H3. The van der Waals surface area contributed by atoms with Crippen LogP contribution in [0.25, 0.3) is 0 Å². The van der Waals surface area contributed by atoms with E-state index in [-0.39, 0.29) is 6.10 Å². The molecular weight excluding hydrogens is 340 g/mol. The fraction of sp³-hybridized carbons (Fsp3) is 0.652. The van der Waals surface area contributed by atoms with Gasteiger partial charge in [-0.2, -0.15) is 0 Å². The van der Waals surface area contributed by atoms with Gasteiger partial charge in [0.05, 0.1) is 17.7 Å². The molecule has 4 heteroatoms. The van der Waals surface area contributed by atoms with E-state index in [1.165, 1.54) is 44.9 Å². The highest BCUT2D eigenvalue weighted by Gasteiger charge is 2.25. The Morgan fingerprint density at radius 1 is 0.852 bits per heavy atom. The number of benzene rings is 1. The van der Waals surface area contributed by atoms with E-state index in [0.29, 0.717) is 17.7 Å². The van der Waals surface area contributed by atoms with Gasteiger partial charge in [0.25, 0.3) is 0 Å². The van der Waals surface area contributed by atoms with Gasteiger partial charge in [-0.1, -0.05) is 70.4 Å². The van der Waals surface area contributed by atoms with Crippen molar-refractivity contribution >= 4 is 11.9 Å².